The van der Waals surface area contributed by atoms with Gasteiger partial charge in [-0.05, 0) is 34.5 Å². The van der Waals surface area contributed by atoms with Gasteiger partial charge >= 0.3 is 0 Å². The van der Waals surface area contributed by atoms with Crippen LogP contribution in [0.4, 0.5) is 5.69 Å². The molecular weight excluding hydrogens is 368 g/mol. The molecule has 2 aromatic carbocycles. The summed E-state index contributed by atoms with van der Waals surface area (Å²) in [7, 11) is -3.96. The Hall–Kier alpha value is -2.82. The molecule has 10 heteroatoms. The highest BCUT2D eigenvalue weighted by Gasteiger charge is 2.22. The number of hydrogen-bond donors (Lipinski definition) is 2. The van der Waals surface area contributed by atoms with Crippen molar-refractivity contribution in [1.29, 1.82) is 0 Å². The normalized spacial score (nSPS) is 15.1. The minimum Gasteiger partial charge on any atom is -0.378 e. The Kier molecular flexibility index (Phi) is 4.60. The predicted octanol–water partition coefficient (Wildman–Crippen LogP) is 1.02. The molecule has 140 valence electrons. The van der Waals surface area contributed by atoms with Crippen LogP contribution in [0.15, 0.2) is 47.4 Å². The third-order valence-corrected chi connectivity index (χ3v) is 5.41. The van der Waals surface area contributed by atoms with Gasteiger partial charge in [0.15, 0.2) is 0 Å². The molecule has 0 spiro atoms. The minimum atomic E-state index is -3.96. The van der Waals surface area contributed by atoms with Gasteiger partial charge in [0.2, 0.25) is 15.8 Å². The fourth-order valence-electron chi connectivity index (χ4n) is 3.18. The quantitative estimate of drug-likeness (QED) is 0.685. The van der Waals surface area contributed by atoms with E-state index < -0.39 is 10.0 Å². The van der Waals surface area contributed by atoms with Gasteiger partial charge in [0, 0.05) is 18.8 Å². The second kappa shape index (κ2) is 7.06. The summed E-state index contributed by atoms with van der Waals surface area (Å²) in [4.78, 5) is 2.20. The van der Waals surface area contributed by atoms with Crippen molar-refractivity contribution in [3.8, 4) is 22.5 Å². The zero-order valence-corrected chi connectivity index (χ0v) is 15.2. The Bertz CT molecular complexity index is 1030. The largest absolute Gasteiger partial charge is 0.378 e. The van der Waals surface area contributed by atoms with Crippen LogP contribution in [0.1, 0.15) is 0 Å². The number of tetrazole rings is 1. The van der Waals surface area contributed by atoms with Gasteiger partial charge in [-0.25, -0.2) is 13.6 Å². The van der Waals surface area contributed by atoms with Gasteiger partial charge in [0.25, 0.3) is 0 Å². The van der Waals surface area contributed by atoms with Crippen molar-refractivity contribution in [2.24, 2.45) is 5.14 Å². The van der Waals surface area contributed by atoms with Crippen LogP contribution in [0.3, 0.4) is 0 Å². The third-order valence-electron chi connectivity index (χ3n) is 4.46. The molecule has 1 fully saturated rings. The van der Waals surface area contributed by atoms with Crippen molar-refractivity contribution < 1.29 is 13.2 Å². The van der Waals surface area contributed by atoms with E-state index in [1.165, 1.54) is 6.07 Å². The van der Waals surface area contributed by atoms with Crippen molar-refractivity contribution in [3.63, 3.8) is 0 Å². The number of nitrogens with two attached hydrogens (primary N) is 1. The van der Waals surface area contributed by atoms with Crippen LogP contribution in [0.25, 0.3) is 22.5 Å². The van der Waals surface area contributed by atoms with E-state index in [9.17, 15) is 8.42 Å². The molecule has 2 heterocycles. The van der Waals surface area contributed by atoms with Gasteiger partial charge in [-0.1, -0.05) is 24.3 Å². The molecule has 1 aliphatic heterocycles. The number of aromatic amines is 1. The van der Waals surface area contributed by atoms with E-state index in [4.69, 9.17) is 9.88 Å². The predicted molar refractivity (Wildman–Crippen MR) is 99.5 cm³/mol. The number of morpholine rings is 1. The van der Waals surface area contributed by atoms with E-state index in [0.717, 1.165) is 24.3 Å². The Balaban J connectivity index is 1.80. The lowest BCUT2D eigenvalue weighted by Crippen LogP contribution is -2.36. The third kappa shape index (κ3) is 3.54. The first kappa shape index (κ1) is 17.6. The van der Waals surface area contributed by atoms with Crippen molar-refractivity contribution in [3.05, 3.63) is 42.5 Å². The number of ether oxygens (including phenoxy) is 1. The maximum atomic E-state index is 12.1. The number of rotatable bonds is 4. The SMILES string of the molecule is NS(=O)(=O)c1cccc(-c2ccc(N3CCOCC3)cc2)c1-c1nn[nH]n1. The number of aromatic nitrogens is 4. The molecule has 0 amide bonds. The van der Waals surface area contributed by atoms with Gasteiger partial charge in [0.05, 0.1) is 23.7 Å². The Morgan fingerprint density at radius 2 is 1.81 bits per heavy atom. The maximum Gasteiger partial charge on any atom is 0.238 e. The van der Waals surface area contributed by atoms with Crippen LogP contribution in [-0.4, -0.2) is 55.3 Å². The van der Waals surface area contributed by atoms with Gasteiger partial charge < -0.3 is 9.64 Å². The minimum absolute atomic E-state index is 0.0429. The van der Waals surface area contributed by atoms with Crippen LogP contribution in [0.5, 0.6) is 0 Å². The van der Waals surface area contributed by atoms with Crippen LogP contribution in [0, 0.1) is 0 Å². The number of hydrogen-bond acceptors (Lipinski definition) is 7. The molecule has 3 aromatic rings. The number of H-pyrrole nitrogens is 1. The summed E-state index contributed by atoms with van der Waals surface area (Å²) in [5.74, 6) is 0.173. The van der Waals surface area contributed by atoms with Crippen molar-refractivity contribution in [1.82, 2.24) is 20.6 Å². The monoisotopic (exact) mass is 386 g/mol. The van der Waals surface area contributed by atoms with Gasteiger partial charge in [-0.3, -0.25) is 0 Å². The zero-order chi connectivity index (χ0) is 18.9. The molecule has 0 aliphatic carbocycles. The van der Waals surface area contributed by atoms with Crippen LogP contribution < -0.4 is 10.0 Å². The Morgan fingerprint density at radius 3 is 2.44 bits per heavy atom. The smallest absolute Gasteiger partial charge is 0.238 e. The first-order valence-electron chi connectivity index (χ1n) is 8.37. The molecule has 0 unspecified atom stereocenters. The lowest BCUT2D eigenvalue weighted by molar-refractivity contribution is 0.122. The van der Waals surface area contributed by atoms with E-state index in [-0.39, 0.29) is 10.7 Å². The average Bonchev–Trinajstić information content (AvgIpc) is 3.22. The molecule has 1 aliphatic rings. The molecule has 0 bridgehead atoms. The number of nitrogens with zero attached hydrogens (tertiary/aromatic N) is 4. The van der Waals surface area contributed by atoms with E-state index in [1.54, 1.807) is 6.07 Å². The molecule has 9 nitrogen and oxygen atoms in total. The summed E-state index contributed by atoms with van der Waals surface area (Å²) in [6.07, 6.45) is 0. The summed E-state index contributed by atoms with van der Waals surface area (Å²) in [5, 5.41) is 19.2. The van der Waals surface area contributed by atoms with Gasteiger partial charge in [0.1, 0.15) is 0 Å². The highest BCUT2D eigenvalue weighted by molar-refractivity contribution is 7.89. The molecule has 0 saturated carbocycles. The van der Waals surface area contributed by atoms with Crippen molar-refractivity contribution >= 4 is 15.7 Å². The highest BCUT2D eigenvalue weighted by atomic mass is 32.2. The molecule has 4 rings (SSSR count). The topological polar surface area (TPSA) is 127 Å². The maximum absolute atomic E-state index is 12.1. The molecule has 0 radical (unpaired) electrons. The second-order valence-corrected chi connectivity index (χ2v) is 7.64. The number of primary sulfonamides is 1. The van der Waals surface area contributed by atoms with Crippen LogP contribution >= 0.6 is 0 Å². The molecule has 1 saturated heterocycles. The Labute approximate surface area is 156 Å². The van der Waals surface area contributed by atoms with Gasteiger partial charge in [-0.2, -0.15) is 5.21 Å². The fraction of sp³-hybridized carbons (Fsp3) is 0.235. The fourth-order valence-corrected chi connectivity index (χ4v) is 3.93. The second-order valence-electron chi connectivity index (χ2n) is 6.11. The molecule has 1 aromatic heterocycles. The summed E-state index contributed by atoms with van der Waals surface area (Å²) >= 11 is 0. The molecule has 27 heavy (non-hydrogen) atoms. The number of nitrogens with one attached hydrogen (secondary N) is 1. The lowest BCUT2D eigenvalue weighted by Gasteiger charge is -2.29. The standard InChI is InChI=1S/C17H18N6O3S/c18-27(24,25)15-3-1-2-14(16(15)17-19-21-22-20-17)12-4-6-13(7-5-12)23-8-10-26-11-9-23/h1-7H,8-11H2,(H2,18,24,25)(H,19,20,21,22). The van der Waals surface area contributed by atoms with E-state index in [0.29, 0.717) is 24.3 Å². The number of anilines is 1. The summed E-state index contributed by atoms with van der Waals surface area (Å²) in [6, 6.07) is 12.8. The molecule has 0 atom stereocenters. The van der Waals surface area contributed by atoms with Crippen LogP contribution in [0.2, 0.25) is 0 Å². The first-order chi connectivity index (χ1) is 13.0. The summed E-state index contributed by atoms with van der Waals surface area (Å²) < 4.78 is 29.5. The van der Waals surface area contributed by atoms with E-state index >= 15 is 0 Å². The highest BCUT2D eigenvalue weighted by Crippen LogP contribution is 2.35. The zero-order valence-electron chi connectivity index (χ0n) is 14.4. The Morgan fingerprint density at radius 1 is 1.07 bits per heavy atom. The molecule has 3 N–H and O–H groups in total. The first-order valence-corrected chi connectivity index (χ1v) is 9.91. The number of benzene rings is 2. The summed E-state index contributed by atoms with van der Waals surface area (Å²) in [6.45, 7) is 3.10. The lowest BCUT2D eigenvalue weighted by atomic mass is 9.98. The molecular formula is C17H18N6O3S. The average molecular weight is 386 g/mol. The van der Waals surface area contributed by atoms with Crippen LogP contribution in [-0.2, 0) is 14.8 Å². The van der Waals surface area contributed by atoms with Crippen molar-refractivity contribution in [2.75, 3.05) is 31.2 Å². The van der Waals surface area contributed by atoms with Gasteiger partial charge in [-0.15, -0.1) is 10.2 Å². The van der Waals surface area contributed by atoms with Crippen molar-refractivity contribution in [2.45, 2.75) is 4.90 Å². The number of sulfonamides is 1. The van der Waals surface area contributed by atoms with E-state index in [1.807, 2.05) is 30.3 Å². The summed E-state index contributed by atoms with van der Waals surface area (Å²) in [5.41, 5.74) is 2.91. The van der Waals surface area contributed by atoms with E-state index in [2.05, 4.69) is 25.5 Å².